The minimum atomic E-state index is -0.119. The van der Waals surface area contributed by atoms with E-state index < -0.39 is 0 Å². The molecule has 0 radical (unpaired) electrons. The van der Waals surface area contributed by atoms with Gasteiger partial charge in [0.15, 0.2) is 0 Å². The number of hydrogen-bond acceptors (Lipinski definition) is 3. The van der Waals surface area contributed by atoms with E-state index in [0.717, 1.165) is 5.56 Å². The van der Waals surface area contributed by atoms with Crippen LogP contribution in [0.4, 0.5) is 11.4 Å². The molecule has 0 aliphatic heterocycles. The van der Waals surface area contributed by atoms with E-state index in [4.69, 9.17) is 10.8 Å². The highest BCUT2D eigenvalue weighted by atomic mass is 16.3. The Morgan fingerprint density at radius 1 is 1.17 bits per heavy atom. The minimum Gasteiger partial charge on any atom is -0.508 e. The molecule has 0 saturated heterocycles. The number of phenolic OH excluding ortho intramolecular Hbond substituents is 1. The standard InChI is InChI=1S/C14H14N2O2/c15-11-2-1-3-12(9-11)16-14(18)8-10-4-6-13(17)7-5-10/h1-7,9,17H,8,15H2,(H,16,18). The van der Waals surface area contributed by atoms with Gasteiger partial charge < -0.3 is 16.2 Å². The van der Waals surface area contributed by atoms with Gasteiger partial charge in [-0.05, 0) is 35.9 Å². The fourth-order valence-corrected chi connectivity index (χ4v) is 1.62. The summed E-state index contributed by atoms with van der Waals surface area (Å²) in [7, 11) is 0. The number of rotatable bonds is 3. The Morgan fingerprint density at radius 2 is 1.89 bits per heavy atom. The van der Waals surface area contributed by atoms with Crippen molar-refractivity contribution in [2.75, 3.05) is 11.1 Å². The van der Waals surface area contributed by atoms with E-state index in [2.05, 4.69) is 5.32 Å². The Hall–Kier alpha value is -2.49. The smallest absolute Gasteiger partial charge is 0.228 e. The summed E-state index contributed by atoms with van der Waals surface area (Å²) < 4.78 is 0. The van der Waals surface area contributed by atoms with E-state index in [9.17, 15) is 4.79 Å². The molecule has 18 heavy (non-hydrogen) atoms. The van der Waals surface area contributed by atoms with Gasteiger partial charge in [0.2, 0.25) is 5.91 Å². The Morgan fingerprint density at radius 3 is 2.56 bits per heavy atom. The normalized spacial score (nSPS) is 10.0. The van der Waals surface area contributed by atoms with Crippen molar-refractivity contribution >= 4 is 17.3 Å². The third-order valence-electron chi connectivity index (χ3n) is 2.47. The van der Waals surface area contributed by atoms with E-state index in [-0.39, 0.29) is 18.1 Å². The molecule has 2 rings (SSSR count). The fourth-order valence-electron chi connectivity index (χ4n) is 1.62. The molecule has 4 N–H and O–H groups in total. The first-order valence-electron chi connectivity index (χ1n) is 5.57. The van der Waals surface area contributed by atoms with Gasteiger partial charge in [0.1, 0.15) is 5.75 Å². The third-order valence-corrected chi connectivity index (χ3v) is 2.47. The molecular formula is C14H14N2O2. The molecule has 2 aromatic carbocycles. The van der Waals surface area contributed by atoms with E-state index >= 15 is 0 Å². The number of carbonyl (C=O) groups is 1. The quantitative estimate of drug-likeness (QED) is 0.722. The molecule has 0 unspecified atom stereocenters. The summed E-state index contributed by atoms with van der Waals surface area (Å²) >= 11 is 0. The highest BCUT2D eigenvalue weighted by Crippen LogP contribution is 2.13. The number of nitrogens with two attached hydrogens (primary N) is 1. The largest absolute Gasteiger partial charge is 0.508 e. The van der Waals surface area contributed by atoms with Crippen LogP contribution in [0.5, 0.6) is 5.75 Å². The van der Waals surface area contributed by atoms with Crippen LogP contribution in [0.3, 0.4) is 0 Å². The average molecular weight is 242 g/mol. The SMILES string of the molecule is Nc1cccc(NC(=O)Cc2ccc(O)cc2)c1. The average Bonchev–Trinajstić information content (AvgIpc) is 2.32. The number of nitrogen functional groups attached to an aromatic ring is 1. The predicted octanol–water partition coefficient (Wildman–Crippen LogP) is 2.16. The molecule has 0 bridgehead atoms. The van der Waals surface area contributed by atoms with Gasteiger partial charge in [0, 0.05) is 11.4 Å². The van der Waals surface area contributed by atoms with E-state index in [1.807, 2.05) is 0 Å². The van der Waals surface area contributed by atoms with Gasteiger partial charge in [0.25, 0.3) is 0 Å². The number of hydrogen-bond donors (Lipinski definition) is 3. The van der Waals surface area contributed by atoms with E-state index in [1.165, 1.54) is 0 Å². The second-order valence-corrected chi connectivity index (χ2v) is 4.02. The molecule has 0 heterocycles. The Kier molecular flexibility index (Phi) is 3.48. The minimum absolute atomic E-state index is 0.119. The van der Waals surface area contributed by atoms with Crippen LogP contribution in [0, 0.1) is 0 Å². The summed E-state index contributed by atoms with van der Waals surface area (Å²) in [5.74, 6) is 0.0706. The first kappa shape index (κ1) is 12.0. The highest BCUT2D eigenvalue weighted by Gasteiger charge is 2.04. The molecule has 4 heteroatoms. The third kappa shape index (κ3) is 3.25. The molecular weight excluding hydrogens is 228 g/mol. The summed E-state index contributed by atoms with van der Waals surface area (Å²) in [6.45, 7) is 0. The van der Waals surface area contributed by atoms with Crippen molar-refractivity contribution in [1.82, 2.24) is 0 Å². The van der Waals surface area contributed by atoms with Gasteiger partial charge in [-0.1, -0.05) is 18.2 Å². The molecule has 92 valence electrons. The van der Waals surface area contributed by atoms with Crippen molar-refractivity contribution in [2.24, 2.45) is 0 Å². The van der Waals surface area contributed by atoms with E-state index in [1.54, 1.807) is 48.5 Å². The van der Waals surface area contributed by atoms with Crippen molar-refractivity contribution in [3.63, 3.8) is 0 Å². The molecule has 0 aromatic heterocycles. The molecule has 4 nitrogen and oxygen atoms in total. The lowest BCUT2D eigenvalue weighted by atomic mass is 10.1. The van der Waals surface area contributed by atoms with Crippen LogP contribution in [0.25, 0.3) is 0 Å². The second kappa shape index (κ2) is 5.23. The Balaban J connectivity index is 1.98. The maximum atomic E-state index is 11.8. The number of benzene rings is 2. The van der Waals surface area contributed by atoms with Crippen LogP contribution in [0.1, 0.15) is 5.56 Å². The van der Waals surface area contributed by atoms with Gasteiger partial charge in [-0.15, -0.1) is 0 Å². The monoisotopic (exact) mass is 242 g/mol. The van der Waals surface area contributed by atoms with Crippen LogP contribution in [-0.4, -0.2) is 11.0 Å². The summed E-state index contributed by atoms with van der Waals surface area (Å²) in [5, 5.41) is 11.9. The van der Waals surface area contributed by atoms with Crippen molar-refractivity contribution in [3.8, 4) is 5.75 Å². The summed E-state index contributed by atoms with van der Waals surface area (Å²) in [5.41, 5.74) is 7.75. The Labute approximate surface area is 105 Å². The lowest BCUT2D eigenvalue weighted by molar-refractivity contribution is -0.115. The zero-order valence-corrected chi connectivity index (χ0v) is 9.76. The zero-order valence-electron chi connectivity index (χ0n) is 9.76. The first-order valence-corrected chi connectivity index (χ1v) is 5.57. The van der Waals surface area contributed by atoms with Crippen LogP contribution in [0.2, 0.25) is 0 Å². The molecule has 0 fully saturated rings. The second-order valence-electron chi connectivity index (χ2n) is 4.02. The van der Waals surface area contributed by atoms with Gasteiger partial charge in [0.05, 0.1) is 6.42 Å². The molecule has 0 aliphatic carbocycles. The predicted molar refractivity (Wildman–Crippen MR) is 71.3 cm³/mol. The van der Waals surface area contributed by atoms with Crippen molar-refractivity contribution in [2.45, 2.75) is 6.42 Å². The van der Waals surface area contributed by atoms with Gasteiger partial charge in [-0.2, -0.15) is 0 Å². The van der Waals surface area contributed by atoms with E-state index in [0.29, 0.717) is 11.4 Å². The molecule has 0 saturated carbocycles. The molecule has 2 aromatic rings. The topological polar surface area (TPSA) is 75.3 Å². The van der Waals surface area contributed by atoms with Crippen molar-refractivity contribution < 1.29 is 9.90 Å². The van der Waals surface area contributed by atoms with Crippen molar-refractivity contribution in [1.29, 1.82) is 0 Å². The van der Waals surface area contributed by atoms with Crippen LogP contribution < -0.4 is 11.1 Å². The van der Waals surface area contributed by atoms with Crippen LogP contribution in [-0.2, 0) is 11.2 Å². The molecule has 0 atom stereocenters. The summed E-state index contributed by atoms with van der Waals surface area (Å²) in [4.78, 5) is 11.8. The lowest BCUT2D eigenvalue weighted by Crippen LogP contribution is -2.14. The maximum absolute atomic E-state index is 11.8. The van der Waals surface area contributed by atoms with Crippen molar-refractivity contribution in [3.05, 3.63) is 54.1 Å². The van der Waals surface area contributed by atoms with Crippen LogP contribution >= 0.6 is 0 Å². The number of anilines is 2. The summed E-state index contributed by atoms with van der Waals surface area (Å²) in [6.07, 6.45) is 0.259. The Bertz CT molecular complexity index is 550. The lowest BCUT2D eigenvalue weighted by Gasteiger charge is -2.06. The maximum Gasteiger partial charge on any atom is 0.228 e. The number of aromatic hydroxyl groups is 1. The fraction of sp³-hybridized carbons (Fsp3) is 0.0714. The number of nitrogens with one attached hydrogen (secondary N) is 1. The van der Waals surface area contributed by atoms with Gasteiger partial charge >= 0.3 is 0 Å². The zero-order chi connectivity index (χ0) is 13.0. The number of amides is 1. The van der Waals surface area contributed by atoms with Gasteiger partial charge in [-0.25, -0.2) is 0 Å². The molecule has 1 amide bonds. The number of phenols is 1. The molecule has 0 aliphatic rings. The number of carbonyl (C=O) groups excluding carboxylic acids is 1. The van der Waals surface area contributed by atoms with Crippen LogP contribution in [0.15, 0.2) is 48.5 Å². The molecule has 0 spiro atoms. The highest BCUT2D eigenvalue weighted by molar-refractivity contribution is 5.92. The first-order chi connectivity index (χ1) is 8.63. The summed E-state index contributed by atoms with van der Waals surface area (Å²) in [6, 6.07) is 13.6. The van der Waals surface area contributed by atoms with Gasteiger partial charge in [-0.3, -0.25) is 4.79 Å².